The fourth-order valence-corrected chi connectivity index (χ4v) is 4.52. The molecule has 1 N–H and O–H groups in total. The number of fused-ring (bicyclic) bond motifs is 1. The highest BCUT2D eigenvalue weighted by molar-refractivity contribution is 7.92. The first kappa shape index (κ1) is 15.9. The summed E-state index contributed by atoms with van der Waals surface area (Å²) in [5, 5.41) is 0.216. The molecule has 1 amide bonds. The van der Waals surface area contributed by atoms with E-state index in [1.807, 2.05) is 31.2 Å². The molecule has 1 aromatic carbocycles. The smallest absolute Gasteiger partial charge is 0.270 e. The lowest BCUT2D eigenvalue weighted by atomic mass is 10.1. The Morgan fingerprint density at radius 1 is 1.39 bits per heavy atom. The number of benzene rings is 1. The van der Waals surface area contributed by atoms with Crippen molar-refractivity contribution in [2.75, 3.05) is 15.9 Å². The molecule has 8 heteroatoms. The zero-order chi connectivity index (χ0) is 16.8. The Morgan fingerprint density at radius 2 is 2.09 bits per heavy atom. The molecule has 0 radical (unpaired) electrons. The summed E-state index contributed by atoms with van der Waals surface area (Å²) in [7, 11) is -3.41. The number of rotatable bonds is 3. The van der Waals surface area contributed by atoms with Gasteiger partial charge in [-0.3, -0.25) is 9.52 Å². The first-order valence-electron chi connectivity index (χ1n) is 7.13. The van der Waals surface area contributed by atoms with Gasteiger partial charge >= 0.3 is 0 Å². The normalized spacial score (nSPS) is 17.2. The molecular formula is C15H17N3O3S2. The van der Waals surface area contributed by atoms with Crippen LogP contribution in [-0.2, 0) is 16.4 Å². The van der Waals surface area contributed by atoms with Gasteiger partial charge in [0.05, 0.1) is 11.9 Å². The van der Waals surface area contributed by atoms with Gasteiger partial charge in [0, 0.05) is 11.7 Å². The van der Waals surface area contributed by atoms with Gasteiger partial charge in [0.1, 0.15) is 4.88 Å². The second-order valence-electron chi connectivity index (χ2n) is 5.66. The summed E-state index contributed by atoms with van der Waals surface area (Å²) in [5.41, 5.74) is 2.59. The van der Waals surface area contributed by atoms with Crippen LogP contribution in [0.4, 0.5) is 10.8 Å². The van der Waals surface area contributed by atoms with Crippen molar-refractivity contribution in [1.29, 1.82) is 0 Å². The number of nitrogens with one attached hydrogen (secondary N) is 1. The van der Waals surface area contributed by atoms with E-state index in [2.05, 4.69) is 9.71 Å². The fourth-order valence-electron chi connectivity index (χ4n) is 2.78. The maximum atomic E-state index is 12.9. The molecule has 1 aromatic heterocycles. The molecule has 0 bridgehead atoms. The van der Waals surface area contributed by atoms with Crippen LogP contribution in [0.15, 0.2) is 24.3 Å². The number of carbonyl (C=O) groups is 1. The van der Waals surface area contributed by atoms with Crippen molar-refractivity contribution in [1.82, 2.24) is 4.98 Å². The van der Waals surface area contributed by atoms with Crippen molar-refractivity contribution in [3.63, 3.8) is 0 Å². The first-order valence-corrected chi connectivity index (χ1v) is 9.84. The summed E-state index contributed by atoms with van der Waals surface area (Å²) in [6.07, 6.45) is 1.87. The van der Waals surface area contributed by atoms with Gasteiger partial charge in [0.25, 0.3) is 5.91 Å². The molecule has 23 heavy (non-hydrogen) atoms. The van der Waals surface area contributed by atoms with E-state index in [-0.39, 0.29) is 17.1 Å². The molecule has 3 rings (SSSR count). The van der Waals surface area contributed by atoms with E-state index in [0.717, 1.165) is 35.3 Å². The summed E-state index contributed by atoms with van der Waals surface area (Å²) in [5.74, 6) is -0.140. The highest BCUT2D eigenvalue weighted by Gasteiger charge is 2.33. The Morgan fingerprint density at radius 3 is 2.78 bits per heavy atom. The molecular weight excluding hydrogens is 334 g/mol. The van der Waals surface area contributed by atoms with E-state index in [0.29, 0.717) is 10.6 Å². The zero-order valence-corrected chi connectivity index (χ0v) is 14.7. The Bertz CT molecular complexity index is 874. The minimum absolute atomic E-state index is 0.0627. The molecule has 1 aliphatic heterocycles. The van der Waals surface area contributed by atoms with Gasteiger partial charge in [-0.05, 0) is 31.9 Å². The lowest BCUT2D eigenvalue weighted by molar-refractivity contribution is 0.0984. The van der Waals surface area contributed by atoms with E-state index >= 15 is 0 Å². The Kier molecular flexibility index (Phi) is 3.89. The molecule has 0 saturated carbocycles. The zero-order valence-electron chi connectivity index (χ0n) is 13.0. The van der Waals surface area contributed by atoms with Gasteiger partial charge in [-0.25, -0.2) is 13.4 Å². The largest absolute Gasteiger partial charge is 0.304 e. The average molecular weight is 351 g/mol. The monoisotopic (exact) mass is 351 g/mol. The van der Waals surface area contributed by atoms with Crippen LogP contribution < -0.4 is 9.62 Å². The third-order valence-electron chi connectivity index (χ3n) is 3.69. The number of aromatic nitrogens is 1. The number of thiazole rings is 1. The summed E-state index contributed by atoms with van der Waals surface area (Å²) in [4.78, 5) is 19.3. The Balaban J connectivity index is 1.95. The van der Waals surface area contributed by atoms with Crippen LogP contribution in [0.3, 0.4) is 0 Å². The molecule has 0 aliphatic carbocycles. The maximum absolute atomic E-state index is 12.9. The van der Waals surface area contributed by atoms with Gasteiger partial charge in [0.2, 0.25) is 10.0 Å². The number of hydrogen-bond acceptors (Lipinski definition) is 5. The first-order chi connectivity index (χ1) is 10.8. The van der Waals surface area contributed by atoms with Crippen LogP contribution in [0.2, 0.25) is 0 Å². The molecule has 122 valence electrons. The topological polar surface area (TPSA) is 79.4 Å². The van der Waals surface area contributed by atoms with Gasteiger partial charge < -0.3 is 4.90 Å². The summed E-state index contributed by atoms with van der Waals surface area (Å²) in [6, 6.07) is 7.89. The standard InChI is InChI=1S/C15H17N3O3S2/c1-9-8-11-6-4-5-7-12(11)18(9)14(19)13-10(2)16-15(22-13)17-23(3,20)21/h4-7,9H,8H2,1-3H3,(H,16,17). The molecule has 1 atom stereocenters. The fraction of sp³-hybridized carbons (Fsp3) is 0.333. The van der Waals surface area contributed by atoms with Crippen molar-refractivity contribution in [2.24, 2.45) is 0 Å². The van der Waals surface area contributed by atoms with Crippen molar-refractivity contribution in [3.05, 3.63) is 40.4 Å². The molecule has 0 saturated heterocycles. The number of hydrogen-bond donors (Lipinski definition) is 1. The molecule has 0 spiro atoms. The van der Waals surface area contributed by atoms with Gasteiger partial charge in [-0.2, -0.15) is 0 Å². The van der Waals surface area contributed by atoms with Crippen LogP contribution in [0.1, 0.15) is 27.9 Å². The van der Waals surface area contributed by atoms with E-state index in [4.69, 9.17) is 0 Å². The summed E-state index contributed by atoms with van der Waals surface area (Å²) in [6.45, 7) is 3.72. The van der Waals surface area contributed by atoms with Crippen LogP contribution in [0.5, 0.6) is 0 Å². The second kappa shape index (κ2) is 5.61. The third-order valence-corrected chi connectivity index (χ3v) is 5.44. The quantitative estimate of drug-likeness (QED) is 0.921. The van der Waals surface area contributed by atoms with Gasteiger partial charge in [0.15, 0.2) is 5.13 Å². The number of sulfonamides is 1. The number of nitrogens with zero attached hydrogens (tertiary/aromatic N) is 2. The molecule has 1 aliphatic rings. The van der Waals surface area contributed by atoms with Crippen molar-refractivity contribution in [2.45, 2.75) is 26.3 Å². The summed E-state index contributed by atoms with van der Waals surface area (Å²) >= 11 is 1.07. The minimum atomic E-state index is -3.41. The Labute approximate surface area is 139 Å². The van der Waals surface area contributed by atoms with Gasteiger partial charge in [-0.15, -0.1) is 0 Å². The van der Waals surface area contributed by atoms with E-state index in [1.165, 1.54) is 0 Å². The van der Waals surface area contributed by atoms with Crippen LogP contribution in [0, 0.1) is 6.92 Å². The van der Waals surface area contributed by atoms with Gasteiger partial charge in [-0.1, -0.05) is 29.5 Å². The molecule has 1 unspecified atom stereocenters. The lowest BCUT2D eigenvalue weighted by Crippen LogP contribution is -2.35. The van der Waals surface area contributed by atoms with E-state index in [9.17, 15) is 13.2 Å². The number of anilines is 2. The minimum Gasteiger partial charge on any atom is -0.304 e. The highest BCUT2D eigenvalue weighted by atomic mass is 32.2. The molecule has 2 heterocycles. The maximum Gasteiger partial charge on any atom is 0.270 e. The number of aryl methyl sites for hydroxylation is 1. The Hall–Kier alpha value is -1.93. The average Bonchev–Trinajstić information content (AvgIpc) is 2.95. The lowest BCUT2D eigenvalue weighted by Gasteiger charge is -2.22. The molecule has 0 fully saturated rings. The number of amides is 1. The van der Waals surface area contributed by atoms with Crippen molar-refractivity contribution in [3.8, 4) is 0 Å². The SMILES string of the molecule is Cc1nc(NS(C)(=O)=O)sc1C(=O)N1c2ccccc2CC1C. The summed E-state index contributed by atoms with van der Waals surface area (Å²) < 4.78 is 25.0. The van der Waals surface area contributed by atoms with E-state index in [1.54, 1.807) is 11.8 Å². The highest BCUT2D eigenvalue weighted by Crippen LogP contribution is 2.35. The molecule has 2 aromatic rings. The number of carbonyl (C=O) groups excluding carboxylic acids is 1. The van der Waals surface area contributed by atoms with E-state index < -0.39 is 10.0 Å². The predicted octanol–water partition coefficient (Wildman–Crippen LogP) is 2.41. The second-order valence-corrected chi connectivity index (χ2v) is 8.41. The van der Waals surface area contributed by atoms with Crippen LogP contribution in [0.25, 0.3) is 0 Å². The van der Waals surface area contributed by atoms with Crippen LogP contribution in [-0.4, -0.2) is 31.6 Å². The van der Waals surface area contributed by atoms with Crippen molar-refractivity contribution < 1.29 is 13.2 Å². The number of para-hydroxylation sites is 1. The predicted molar refractivity (Wildman–Crippen MR) is 91.7 cm³/mol. The van der Waals surface area contributed by atoms with Crippen LogP contribution >= 0.6 is 11.3 Å². The van der Waals surface area contributed by atoms with Crippen molar-refractivity contribution >= 4 is 38.1 Å². The molecule has 6 nitrogen and oxygen atoms in total. The third kappa shape index (κ3) is 3.09.